The standard InChI is InChI=1S/C26H38N2O6S2/c1-6-27(7-2)35(29,30)22-13-15-23(16-14-22)36(31,32)28(24-11-9-8-10-20(24)3)19-21-12-17-25(33-4)26(18-21)34-5/h12-18,20,24H,6-11,19H2,1-5H3/t20-,24+/m1/s1. The summed E-state index contributed by atoms with van der Waals surface area (Å²) >= 11 is 0. The second kappa shape index (κ2) is 11.9. The molecular weight excluding hydrogens is 500 g/mol. The topological polar surface area (TPSA) is 93.2 Å². The van der Waals surface area contributed by atoms with E-state index < -0.39 is 20.0 Å². The van der Waals surface area contributed by atoms with E-state index in [0.29, 0.717) is 24.6 Å². The second-order valence-corrected chi connectivity index (χ2v) is 13.0. The lowest BCUT2D eigenvalue weighted by atomic mass is 9.86. The minimum atomic E-state index is -3.91. The van der Waals surface area contributed by atoms with Gasteiger partial charge in [-0.3, -0.25) is 0 Å². The molecule has 1 aliphatic carbocycles. The van der Waals surface area contributed by atoms with E-state index >= 15 is 0 Å². The first-order valence-electron chi connectivity index (χ1n) is 12.4. The average molecular weight is 539 g/mol. The molecule has 2 aromatic carbocycles. The van der Waals surface area contributed by atoms with Gasteiger partial charge in [0.2, 0.25) is 20.0 Å². The third-order valence-corrected chi connectivity index (χ3v) is 10.9. The first-order chi connectivity index (χ1) is 17.1. The molecule has 36 heavy (non-hydrogen) atoms. The molecule has 0 heterocycles. The Morgan fingerprint density at radius 2 is 1.36 bits per heavy atom. The van der Waals surface area contributed by atoms with Crippen LogP contribution in [0.1, 0.15) is 52.0 Å². The quantitative estimate of drug-likeness (QED) is 0.418. The highest BCUT2D eigenvalue weighted by Crippen LogP contribution is 2.35. The average Bonchev–Trinajstić information content (AvgIpc) is 2.88. The van der Waals surface area contributed by atoms with Crippen molar-refractivity contribution in [2.24, 2.45) is 5.92 Å². The summed E-state index contributed by atoms with van der Waals surface area (Å²) < 4.78 is 67.4. The molecule has 1 fully saturated rings. The smallest absolute Gasteiger partial charge is 0.243 e. The van der Waals surface area contributed by atoms with Gasteiger partial charge in [-0.1, -0.05) is 39.7 Å². The molecule has 0 aromatic heterocycles. The number of benzene rings is 2. The molecule has 0 saturated heterocycles. The number of methoxy groups -OCH3 is 2. The zero-order chi connectivity index (χ0) is 26.5. The fourth-order valence-electron chi connectivity index (χ4n) is 4.90. The highest BCUT2D eigenvalue weighted by atomic mass is 32.2. The lowest BCUT2D eigenvalue weighted by molar-refractivity contribution is 0.185. The van der Waals surface area contributed by atoms with Gasteiger partial charge >= 0.3 is 0 Å². The molecule has 0 radical (unpaired) electrons. The number of nitrogens with zero attached hydrogens (tertiary/aromatic N) is 2. The predicted molar refractivity (Wildman–Crippen MR) is 140 cm³/mol. The van der Waals surface area contributed by atoms with Gasteiger partial charge in [-0.15, -0.1) is 0 Å². The van der Waals surface area contributed by atoms with Crippen molar-refractivity contribution in [3.05, 3.63) is 48.0 Å². The van der Waals surface area contributed by atoms with Gasteiger partial charge in [-0.25, -0.2) is 16.8 Å². The fourth-order valence-corrected chi connectivity index (χ4v) is 8.09. The van der Waals surface area contributed by atoms with E-state index in [4.69, 9.17) is 9.47 Å². The van der Waals surface area contributed by atoms with Crippen molar-refractivity contribution in [2.75, 3.05) is 27.3 Å². The van der Waals surface area contributed by atoms with Crippen molar-refractivity contribution in [2.45, 2.75) is 68.8 Å². The molecule has 0 bridgehead atoms. The number of sulfonamides is 2. The molecule has 3 rings (SSSR count). The van der Waals surface area contributed by atoms with E-state index in [1.807, 2.05) is 6.07 Å². The van der Waals surface area contributed by atoms with Gasteiger partial charge in [-0.2, -0.15) is 8.61 Å². The van der Waals surface area contributed by atoms with Crippen molar-refractivity contribution in [1.82, 2.24) is 8.61 Å². The molecule has 1 saturated carbocycles. The van der Waals surface area contributed by atoms with Crippen LogP contribution in [0.3, 0.4) is 0 Å². The molecule has 0 N–H and O–H groups in total. The van der Waals surface area contributed by atoms with Crippen LogP contribution in [0.2, 0.25) is 0 Å². The van der Waals surface area contributed by atoms with Crippen LogP contribution in [0.5, 0.6) is 11.5 Å². The van der Waals surface area contributed by atoms with Crippen molar-refractivity contribution < 1.29 is 26.3 Å². The Bertz CT molecular complexity index is 1230. The number of hydrogen-bond acceptors (Lipinski definition) is 6. The third-order valence-electron chi connectivity index (χ3n) is 7.00. The van der Waals surface area contributed by atoms with Crippen LogP contribution in [0, 0.1) is 5.92 Å². The molecule has 10 heteroatoms. The summed E-state index contributed by atoms with van der Waals surface area (Å²) in [5.74, 6) is 1.32. The van der Waals surface area contributed by atoms with E-state index in [9.17, 15) is 16.8 Å². The Morgan fingerprint density at radius 3 is 1.89 bits per heavy atom. The number of hydrogen-bond donors (Lipinski definition) is 0. The van der Waals surface area contributed by atoms with E-state index in [1.54, 1.807) is 44.5 Å². The maximum absolute atomic E-state index is 14.0. The molecular formula is C26H38N2O6S2. The largest absolute Gasteiger partial charge is 0.493 e. The zero-order valence-corrected chi connectivity index (χ0v) is 23.4. The summed E-state index contributed by atoms with van der Waals surface area (Å²) in [7, 11) is -4.48. The van der Waals surface area contributed by atoms with Gasteiger partial charge in [-0.05, 0) is 60.7 Å². The van der Waals surface area contributed by atoms with Crippen LogP contribution >= 0.6 is 0 Å². The van der Waals surface area contributed by atoms with Gasteiger partial charge in [0.1, 0.15) is 0 Å². The first-order valence-corrected chi connectivity index (χ1v) is 15.3. The van der Waals surface area contributed by atoms with E-state index in [-0.39, 0.29) is 28.3 Å². The lowest BCUT2D eigenvalue weighted by Crippen LogP contribution is -2.44. The third kappa shape index (κ3) is 5.88. The van der Waals surface area contributed by atoms with Crippen LogP contribution in [0.25, 0.3) is 0 Å². The van der Waals surface area contributed by atoms with Gasteiger partial charge < -0.3 is 9.47 Å². The summed E-state index contributed by atoms with van der Waals surface area (Å²) in [5.41, 5.74) is 0.787. The van der Waals surface area contributed by atoms with Crippen LogP contribution in [0.15, 0.2) is 52.3 Å². The Balaban J connectivity index is 2.01. The summed E-state index contributed by atoms with van der Waals surface area (Å²) in [6, 6.07) is 10.8. The molecule has 0 aliphatic heterocycles. The number of rotatable bonds is 11. The van der Waals surface area contributed by atoms with Crippen molar-refractivity contribution in [1.29, 1.82) is 0 Å². The molecule has 0 amide bonds. The van der Waals surface area contributed by atoms with Crippen LogP contribution in [-0.2, 0) is 26.6 Å². The molecule has 1 aliphatic rings. The predicted octanol–water partition coefficient (Wildman–Crippen LogP) is 4.50. The maximum atomic E-state index is 14.0. The highest BCUT2D eigenvalue weighted by Gasteiger charge is 2.36. The van der Waals surface area contributed by atoms with Crippen LogP contribution in [-0.4, -0.2) is 58.8 Å². The van der Waals surface area contributed by atoms with E-state index in [0.717, 1.165) is 31.2 Å². The Kier molecular flexibility index (Phi) is 9.43. The molecule has 2 aromatic rings. The van der Waals surface area contributed by atoms with E-state index in [2.05, 4.69) is 6.92 Å². The Hall–Kier alpha value is -2.14. The molecule has 200 valence electrons. The van der Waals surface area contributed by atoms with Crippen molar-refractivity contribution in [3.8, 4) is 11.5 Å². The van der Waals surface area contributed by atoms with Crippen LogP contribution in [0.4, 0.5) is 0 Å². The molecule has 0 spiro atoms. The molecule has 8 nitrogen and oxygen atoms in total. The summed E-state index contributed by atoms with van der Waals surface area (Å²) in [4.78, 5) is 0.168. The lowest BCUT2D eigenvalue weighted by Gasteiger charge is -2.38. The first kappa shape index (κ1) is 28.4. The summed E-state index contributed by atoms with van der Waals surface area (Å²) in [5, 5.41) is 0. The molecule has 0 unspecified atom stereocenters. The van der Waals surface area contributed by atoms with Gasteiger partial charge in [0.15, 0.2) is 11.5 Å². The minimum absolute atomic E-state index is 0.0826. The minimum Gasteiger partial charge on any atom is -0.493 e. The van der Waals surface area contributed by atoms with Crippen molar-refractivity contribution in [3.63, 3.8) is 0 Å². The Morgan fingerprint density at radius 1 is 0.806 bits per heavy atom. The monoisotopic (exact) mass is 538 g/mol. The SMILES string of the molecule is CCN(CC)S(=O)(=O)c1ccc(S(=O)(=O)N(Cc2ccc(OC)c(OC)c2)[C@H]2CCCC[C@H]2C)cc1. The van der Waals surface area contributed by atoms with Gasteiger partial charge in [0, 0.05) is 25.7 Å². The van der Waals surface area contributed by atoms with Crippen LogP contribution < -0.4 is 9.47 Å². The van der Waals surface area contributed by atoms with Gasteiger partial charge in [0.25, 0.3) is 0 Å². The zero-order valence-electron chi connectivity index (χ0n) is 21.8. The van der Waals surface area contributed by atoms with Gasteiger partial charge in [0.05, 0.1) is 24.0 Å². The highest BCUT2D eigenvalue weighted by molar-refractivity contribution is 7.89. The normalized spacial score (nSPS) is 19.0. The Labute approximate surface area is 216 Å². The summed E-state index contributed by atoms with van der Waals surface area (Å²) in [6.45, 7) is 6.52. The number of ether oxygens (including phenoxy) is 2. The summed E-state index contributed by atoms with van der Waals surface area (Å²) in [6.07, 6.45) is 3.79. The maximum Gasteiger partial charge on any atom is 0.243 e. The van der Waals surface area contributed by atoms with E-state index in [1.165, 1.54) is 28.6 Å². The second-order valence-electron chi connectivity index (χ2n) is 9.13. The molecule has 2 atom stereocenters. The fraction of sp³-hybridized carbons (Fsp3) is 0.538. The van der Waals surface area contributed by atoms with Crippen molar-refractivity contribution >= 4 is 20.0 Å².